The summed E-state index contributed by atoms with van der Waals surface area (Å²) in [5.41, 5.74) is 0.323. The number of aryl methyl sites for hydroxylation is 1. The van der Waals surface area contributed by atoms with Crippen LogP contribution >= 0.6 is 0 Å². The minimum absolute atomic E-state index is 0.109. The molecular formula is C13H11F3N4. The van der Waals surface area contributed by atoms with Crippen LogP contribution in [0.5, 0.6) is 0 Å². The topological polar surface area (TPSA) is 54.5 Å². The van der Waals surface area contributed by atoms with Gasteiger partial charge in [-0.2, -0.15) is 18.4 Å². The van der Waals surface area contributed by atoms with Gasteiger partial charge >= 0.3 is 6.18 Å². The summed E-state index contributed by atoms with van der Waals surface area (Å²) in [7, 11) is 0. The SMILES string of the molecule is CCCn1nnc(C#N)c1-c1ccc(C(F)(F)F)cc1. The van der Waals surface area contributed by atoms with E-state index in [1.807, 2.05) is 13.0 Å². The lowest BCUT2D eigenvalue weighted by molar-refractivity contribution is -0.137. The van der Waals surface area contributed by atoms with Crippen LogP contribution in [0.4, 0.5) is 13.2 Å². The Bertz CT molecular complexity index is 635. The third kappa shape index (κ3) is 2.64. The average Bonchev–Trinajstić information content (AvgIpc) is 2.81. The number of benzene rings is 1. The third-order valence-corrected chi connectivity index (χ3v) is 2.76. The van der Waals surface area contributed by atoms with Gasteiger partial charge in [-0.05, 0) is 18.6 Å². The highest BCUT2D eigenvalue weighted by Gasteiger charge is 2.30. The van der Waals surface area contributed by atoms with Crippen LogP contribution in [-0.4, -0.2) is 15.0 Å². The van der Waals surface area contributed by atoms with Gasteiger partial charge in [0.1, 0.15) is 11.8 Å². The zero-order valence-electron chi connectivity index (χ0n) is 10.6. The van der Waals surface area contributed by atoms with Gasteiger partial charge in [0.05, 0.1) is 5.56 Å². The molecule has 2 aromatic rings. The van der Waals surface area contributed by atoms with Crippen molar-refractivity contribution in [1.82, 2.24) is 15.0 Å². The molecule has 0 aliphatic rings. The van der Waals surface area contributed by atoms with Crippen molar-refractivity contribution in [2.75, 3.05) is 0 Å². The van der Waals surface area contributed by atoms with Crippen molar-refractivity contribution in [3.05, 3.63) is 35.5 Å². The largest absolute Gasteiger partial charge is 0.416 e. The highest BCUT2D eigenvalue weighted by atomic mass is 19.4. The number of rotatable bonds is 3. The van der Waals surface area contributed by atoms with Crippen molar-refractivity contribution in [3.63, 3.8) is 0 Å². The first kappa shape index (κ1) is 14.1. The van der Waals surface area contributed by atoms with Crippen LogP contribution in [0, 0.1) is 11.3 Å². The molecule has 0 unspecified atom stereocenters. The number of nitrogens with zero attached hydrogens (tertiary/aromatic N) is 4. The van der Waals surface area contributed by atoms with Crippen LogP contribution in [0.3, 0.4) is 0 Å². The van der Waals surface area contributed by atoms with Crippen LogP contribution in [0.1, 0.15) is 24.6 Å². The second-order valence-electron chi connectivity index (χ2n) is 4.20. The molecule has 4 nitrogen and oxygen atoms in total. The maximum Gasteiger partial charge on any atom is 0.416 e. The fourth-order valence-corrected chi connectivity index (χ4v) is 1.86. The first-order chi connectivity index (χ1) is 9.47. The van der Waals surface area contributed by atoms with E-state index in [0.29, 0.717) is 17.8 Å². The molecule has 1 aromatic heterocycles. The van der Waals surface area contributed by atoms with E-state index in [4.69, 9.17) is 5.26 Å². The van der Waals surface area contributed by atoms with Crippen molar-refractivity contribution in [3.8, 4) is 17.3 Å². The Kier molecular flexibility index (Phi) is 3.74. The van der Waals surface area contributed by atoms with Gasteiger partial charge in [0.2, 0.25) is 0 Å². The highest BCUT2D eigenvalue weighted by molar-refractivity contribution is 5.65. The number of halogens is 3. The fourth-order valence-electron chi connectivity index (χ4n) is 1.86. The van der Waals surface area contributed by atoms with E-state index in [9.17, 15) is 13.2 Å². The van der Waals surface area contributed by atoms with E-state index in [-0.39, 0.29) is 5.69 Å². The molecular weight excluding hydrogens is 269 g/mol. The summed E-state index contributed by atoms with van der Waals surface area (Å²) < 4.78 is 39.1. The summed E-state index contributed by atoms with van der Waals surface area (Å²) in [6.45, 7) is 2.48. The Hall–Kier alpha value is -2.36. The van der Waals surface area contributed by atoms with Gasteiger partial charge in [0.25, 0.3) is 0 Å². The van der Waals surface area contributed by atoms with E-state index in [2.05, 4.69) is 10.3 Å². The molecule has 0 amide bonds. The molecule has 0 saturated carbocycles. The lowest BCUT2D eigenvalue weighted by Gasteiger charge is -2.08. The van der Waals surface area contributed by atoms with E-state index in [1.54, 1.807) is 0 Å². The summed E-state index contributed by atoms with van der Waals surface area (Å²) in [5.74, 6) is 0. The number of hydrogen-bond donors (Lipinski definition) is 0. The Morgan fingerprint density at radius 2 is 1.90 bits per heavy atom. The fraction of sp³-hybridized carbons (Fsp3) is 0.308. The lowest BCUT2D eigenvalue weighted by Crippen LogP contribution is -2.05. The second-order valence-corrected chi connectivity index (χ2v) is 4.20. The van der Waals surface area contributed by atoms with Gasteiger partial charge in [-0.3, -0.25) is 0 Å². The number of alkyl halides is 3. The molecule has 0 saturated heterocycles. The standard InChI is InChI=1S/C13H11F3N4/c1-2-7-20-12(11(8-17)18-19-20)9-3-5-10(6-4-9)13(14,15)16/h3-6H,2,7H2,1H3. The minimum atomic E-state index is -4.38. The average molecular weight is 280 g/mol. The number of nitriles is 1. The predicted octanol–water partition coefficient (Wildman–Crippen LogP) is 3.25. The molecule has 0 aliphatic carbocycles. The number of aromatic nitrogens is 3. The highest BCUT2D eigenvalue weighted by Crippen LogP contribution is 2.31. The molecule has 0 spiro atoms. The molecule has 20 heavy (non-hydrogen) atoms. The molecule has 0 N–H and O–H groups in total. The van der Waals surface area contributed by atoms with Gasteiger partial charge < -0.3 is 0 Å². The molecule has 0 bridgehead atoms. The first-order valence-corrected chi connectivity index (χ1v) is 5.98. The quantitative estimate of drug-likeness (QED) is 0.867. The maximum absolute atomic E-state index is 12.5. The summed E-state index contributed by atoms with van der Waals surface area (Å²) in [5, 5.41) is 16.6. The van der Waals surface area contributed by atoms with Crippen molar-refractivity contribution in [2.24, 2.45) is 0 Å². The van der Waals surface area contributed by atoms with E-state index in [0.717, 1.165) is 18.6 Å². The Morgan fingerprint density at radius 1 is 1.25 bits per heavy atom. The van der Waals surface area contributed by atoms with Crippen molar-refractivity contribution in [2.45, 2.75) is 26.1 Å². The molecule has 1 aromatic carbocycles. The molecule has 7 heteroatoms. The van der Waals surface area contributed by atoms with Crippen molar-refractivity contribution < 1.29 is 13.2 Å². The Balaban J connectivity index is 2.46. The molecule has 0 fully saturated rings. The van der Waals surface area contributed by atoms with Crippen molar-refractivity contribution in [1.29, 1.82) is 5.26 Å². The summed E-state index contributed by atoms with van der Waals surface area (Å²) in [4.78, 5) is 0. The van der Waals surface area contributed by atoms with E-state index >= 15 is 0 Å². The molecule has 0 aliphatic heterocycles. The molecule has 104 valence electrons. The summed E-state index contributed by atoms with van der Waals surface area (Å²) in [6.07, 6.45) is -3.60. The maximum atomic E-state index is 12.5. The second kappa shape index (κ2) is 5.33. The third-order valence-electron chi connectivity index (χ3n) is 2.76. The van der Waals surface area contributed by atoms with Gasteiger partial charge in [0, 0.05) is 12.1 Å². The van der Waals surface area contributed by atoms with Crippen LogP contribution in [-0.2, 0) is 12.7 Å². The van der Waals surface area contributed by atoms with Crippen LogP contribution in [0.15, 0.2) is 24.3 Å². The van der Waals surface area contributed by atoms with Gasteiger partial charge in [-0.25, -0.2) is 4.68 Å². The summed E-state index contributed by atoms with van der Waals surface area (Å²) in [6, 6.07) is 6.53. The Labute approximate surface area is 113 Å². The normalized spacial score (nSPS) is 11.3. The number of hydrogen-bond acceptors (Lipinski definition) is 3. The summed E-state index contributed by atoms with van der Waals surface area (Å²) >= 11 is 0. The van der Waals surface area contributed by atoms with Crippen LogP contribution < -0.4 is 0 Å². The molecule has 2 rings (SSSR count). The lowest BCUT2D eigenvalue weighted by atomic mass is 10.1. The molecule has 0 radical (unpaired) electrons. The predicted molar refractivity (Wildman–Crippen MR) is 65.5 cm³/mol. The van der Waals surface area contributed by atoms with E-state index < -0.39 is 11.7 Å². The van der Waals surface area contributed by atoms with Gasteiger partial charge in [-0.1, -0.05) is 24.3 Å². The van der Waals surface area contributed by atoms with Crippen LogP contribution in [0.2, 0.25) is 0 Å². The molecule has 1 heterocycles. The zero-order chi connectivity index (χ0) is 14.8. The first-order valence-electron chi connectivity index (χ1n) is 5.98. The van der Waals surface area contributed by atoms with E-state index in [1.165, 1.54) is 16.8 Å². The Morgan fingerprint density at radius 3 is 2.40 bits per heavy atom. The zero-order valence-corrected chi connectivity index (χ0v) is 10.6. The molecule has 0 atom stereocenters. The van der Waals surface area contributed by atoms with Gasteiger partial charge in [-0.15, -0.1) is 5.10 Å². The monoisotopic (exact) mass is 280 g/mol. The van der Waals surface area contributed by atoms with Crippen molar-refractivity contribution >= 4 is 0 Å². The van der Waals surface area contributed by atoms with Gasteiger partial charge in [0.15, 0.2) is 5.69 Å². The smallest absolute Gasteiger partial charge is 0.243 e. The van der Waals surface area contributed by atoms with Crippen LogP contribution in [0.25, 0.3) is 11.3 Å². The minimum Gasteiger partial charge on any atom is -0.243 e.